The van der Waals surface area contributed by atoms with Crippen LogP contribution in [0.4, 0.5) is 0 Å². The number of aliphatic carboxylic acids is 1. The summed E-state index contributed by atoms with van der Waals surface area (Å²) in [5.74, 6) is -2.96. The van der Waals surface area contributed by atoms with Gasteiger partial charge in [-0.3, -0.25) is 24.1 Å². The first kappa shape index (κ1) is 19.8. The minimum absolute atomic E-state index is 0.179. The van der Waals surface area contributed by atoms with Crippen LogP contribution in [0.2, 0.25) is 0 Å². The van der Waals surface area contributed by atoms with Crippen molar-refractivity contribution in [1.29, 1.82) is 0 Å². The van der Waals surface area contributed by atoms with Gasteiger partial charge in [-0.2, -0.15) is 0 Å². The van der Waals surface area contributed by atoms with Gasteiger partial charge in [0.25, 0.3) is 5.91 Å². The van der Waals surface area contributed by atoms with E-state index in [1.54, 1.807) is 18.2 Å². The topological polar surface area (TPSA) is 147 Å². The lowest BCUT2D eigenvalue weighted by Gasteiger charge is -2.35. The fraction of sp³-hybridized carbons (Fsp3) is 0.312. The number of nitrogens with zero attached hydrogens (tertiary/aromatic N) is 1. The maximum atomic E-state index is 12.7. The molecule has 134 valence electrons. The minimum atomic E-state index is -1.76. The van der Waals surface area contributed by atoms with E-state index >= 15 is 0 Å². The molecule has 0 heterocycles. The van der Waals surface area contributed by atoms with Gasteiger partial charge in [-0.15, -0.1) is 0 Å². The molecular formula is C16H19N3O6. The lowest BCUT2D eigenvalue weighted by Crippen LogP contribution is -2.57. The summed E-state index contributed by atoms with van der Waals surface area (Å²) < 4.78 is 0. The average Bonchev–Trinajstić information content (AvgIpc) is 2.59. The summed E-state index contributed by atoms with van der Waals surface area (Å²) in [6, 6.07) is 6.55. The fourth-order valence-electron chi connectivity index (χ4n) is 2.24. The summed E-state index contributed by atoms with van der Waals surface area (Å²) in [7, 11) is 0. The number of rotatable bonds is 10. The smallest absolute Gasteiger partial charge is 0.326 e. The molecule has 0 saturated carbocycles. The molecule has 0 spiro atoms. The van der Waals surface area contributed by atoms with Crippen LogP contribution in [-0.4, -0.2) is 46.7 Å². The van der Waals surface area contributed by atoms with Crippen LogP contribution in [-0.2, 0) is 29.5 Å². The quantitative estimate of drug-likeness (QED) is 0.478. The van der Waals surface area contributed by atoms with E-state index in [1.807, 2.05) is 0 Å². The van der Waals surface area contributed by atoms with Crippen molar-refractivity contribution in [2.75, 3.05) is 0 Å². The lowest BCUT2D eigenvalue weighted by molar-refractivity contribution is -0.149. The van der Waals surface area contributed by atoms with Crippen LogP contribution in [0.5, 0.6) is 0 Å². The van der Waals surface area contributed by atoms with E-state index in [4.69, 9.17) is 5.73 Å². The molecule has 9 nitrogen and oxygen atoms in total. The first-order chi connectivity index (χ1) is 11.8. The number of carboxylic acids is 1. The summed E-state index contributed by atoms with van der Waals surface area (Å²) in [4.78, 5) is 57.9. The second-order valence-electron chi connectivity index (χ2n) is 5.43. The van der Waals surface area contributed by atoms with Crippen molar-refractivity contribution in [3.05, 3.63) is 35.9 Å². The van der Waals surface area contributed by atoms with E-state index in [-0.39, 0.29) is 25.7 Å². The third-order valence-corrected chi connectivity index (χ3v) is 3.80. The molecule has 0 radical (unpaired) electrons. The van der Waals surface area contributed by atoms with E-state index in [1.165, 1.54) is 19.1 Å². The number of nitrogens with one attached hydrogen (secondary N) is 1. The number of carbonyl (C=O) groups is 5. The number of amides is 4. The third kappa shape index (κ3) is 4.63. The largest absolute Gasteiger partial charge is 0.480 e. The molecule has 2 unspecified atom stereocenters. The Bertz CT molecular complexity index is 655. The molecule has 25 heavy (non-hydrogen) atoms. The monoisotopic (exact) mass is 349 g/mol. The maximum Gasteiger partial charge on any atom is 0.326 e. The molecular weight excluding hydrogens is 330 g/mol. The molecule has 0 aliphatic heterocycles. The van der Waals surface area contributed by atoms with Crippen LogP contribution in [0.25, 0.3) is 0 Å². The zero-order valence-corrected chi connectivity index (χ0v) is 13.5. The molecule has 1 aromatic rings. The maximum absolute atomic E-state index is 12.7. The highest BCUT2D eigenvalue weighted by molar-refractivity contribution is 5.95. The summed E-state index contributed by atoms with van der Waals surface area (Å²) in [6.07, 6.45) is -0.106. The van der Waals surface area contributed by atoms with E-state index < -0.39 is 29.4 Å². The van der Waals surface area contributed by atoms with E-state index in [0.717, 1.165) is 0 Å². The first-order valence-corrected chi connectivity index (χ1v) is 7.34. The predicted molar refractivity (Wildman–Crippen MR) is 85.8 cm³/mol. The Morgan fingerprint density at radius 3 is 2.24 bits per heavy atom. The van der Waals surface area contributed by atoms with Crippen molar-refractivity contribution in [3.63, 3.8) is 0 Å². The molecule has 1 aromatic carbocycles. The number of nitrogens with two attached hydrogens (primary N) is 1. The van der Waals surface area contributed by atoms with Crippen molar-refractivity contribution in [2.45, 2.75) is 31.3 Å². The SMILES string of the molecule is CC(C(=O)NC(CCC(N)=O)C(=O)O)(c1ccccc1)N(C=O)C=O. The summed E-state index contributed by atoms with van der Waals surface area (Å²) in [5.41, 5.74) is 3.55. The Kier molecular flexibility index (Phi) is 6.80. The van der Waals surface area contributed by atoms with Crippen molar-refractivity contribution in [2.24, 2.45) is 5.73 Å². The second-order valence-corrected chi connectivity index (χ2v) is 5.43. The molecule has 2 atom stereocenters. The number of carboxylic acid groups (broad SMARTS) is 1. The van der Waals surface area contributed by atoms with Crippen LogP contribution in [0, 0.1) is 0 Å². The highest BCUT2D eigenvalue weighted by atomic mass is 16.4. The van der Waals surface area contributed by atoms with Gasteiger partial charge in [0.1, 0.15) is 6.04 Å². The Morgan fingerprint density at radius 1 is 1.24 bits per heavy atom. The van der Waals surface area contributed by atoms with E-state index in [2.05, 4.69) is 5.32 Å². The zero-order chi connectivity index (χ0) is 19.0. The van der Waals surface area contributed by atoms with Gasteiger partial charge in [0.05, 0.1) is 0 Å². The van der Waals surface area contributed by atoms with Crippen LogP contribution in [0.3, 0.4) is 0 Å². The molecule has 0 aliphatic carbocycles. The molecule has 0 saturated heterocycles. The number of hydrogen-bond donors (Lipinski definition) is 3. The van der Waals surface area contributed by atoms with Gasteiger partial charge in [0, 0.05) is 6.42 Å². The highest BCUT2D eigenvalue weighted by Gasteiger charge is 2.42. The summed E-state index contributed by atoms with van der Waals surface area (Å²) in [5, 5.41) is 11.5. The normalized spacial score (nSPS) is 13.8. The molecule has 1 rings (SSSR count). The Labute approximate surface area is 143 Å². The van der Waals surface area contributed by atoms with Gasteiger partial charge in [0.15, 0.2) is 5.54 Å². The number of primary amides is 1. The minimum Gasteiger partial charge on any atom is -0.480 e. The van der Waals surface area contributed by atoms with Gasteiger partial charge in [-0.05, 0) is 18.9 Å². The van der Waals surface area contributed by atoms with Crippen LogP contribution < -0.4 is 11.1 Å². The molecule has 4 N–H and O–H groups in total. The first-order valence-electron chi connectivity index (χ1n) is 7.34. The Hall–Kier alpha value is -3.23. The molecule has 0 aromatic heterocycles. The van der Waals surface area contributed by atoms with Crippen molar-refractivity contribution in [3.8, 4) is 0 Å². The molecule has 0 bridgehead atoms. The van der Waals surface area contributed by atoms with Crippen LogP contribution in [0.15, 0.2) is 30.3 Å². The van der Waals surface area contributed by atoms with E-state index in [9.17, 15) is 29.1 Å². The molecule has 4 amide bonds. The van der Waals surface area contributed by atoms with Gasteiger partial charge < -0.3 is 16.2 Å². The number of imide groups is 1. The molecule has 9 heteroatoms. The van der Waals surface area contributed by atoms with Gasteiger partial charge in [-0.25, -0.2) is 4.79 Å². The highest BCUT2D eigenvalue weighted by Crippen LogP contribution is 2.27. The van der Waals surface area contributed by atoms with Crippen molar-refractivity contribution < 1.29 is 29.1 Å². The van der Waals surface area contributed by atoms with Gasteiger partial charge >= 0.3 is 5.97 Å². The van der Waals surface area contributed by atoms with Crippen LogP contribution >= 0.6 is 0 Å². The lowest BCUT2D eigenvalue weighted by atomic mass is 9.89. The summed E-state index contributed by atoms with van der Waals surface area (Å²) in [6.45, 7) is 1.31. The van der Waals surface area contributed by atoms with Crippen LogP contribution in [0.1, 0.15) is 25.3 Å². The third-order valence-electron chi connectivity index (χ3n) is 3.80. The number of benzene rings is 1. The van der Waals surface area contributed by atoms with E-state index in [0.29, 0.717) is 10.5 Å². The van der Waals surface area contributed by atoms with Crippen molar-refractivity contribution >= 4 is 30.6 Å². The standard InChI is InChI=1S/C16H19N3O6/c1-16(19(9-20)10-21,11-5-3-2-4-6-11)15(25)18-12(14(23)24)7-8-13(17)22/h2-6,9-10,12H,7-8H2,1H3,(H2,17,22)(H,18,25)(H,23,24). The number of carbonyl (C=O) groups excluding carboxylic acids is 4. The fourth-order valence-corrected chi connectivity index (χ4v) is 2.24. The summed E-state index contributed by atoms with van der Waals surface area (Å²) >= 11 is 0. The van der Waals surface area contributed by atoms with Gasteiger partial charge in [-0.1, -0.05) is 30.3 Å². The average molecular weight is 349 g/mol. The van der Waals surface area contributed by atoms with Crippen molar-refractivity contribution in [1.82, 2.24) is 10.2 Å². The second kappa shape index (κ2) is 8.57. The molecule has 0 fully saturated rings. The zero-order valence-electron chi connectivity index (χ0n) is 13.5. The Morgan fingerprint density at radius 2 is 1.80 bits per heavy atom. The number of hydrogen-bond acceptors (Lipinski definition) is 5. The van der Waals surface area contributed by atoms with Gasteiger partial charge in [0.2, 0.25) is 18.7 Å². The molecule has 0 aliphatic rings. The Balaban J connectivity index is 3.19. The predicted octanol–water partition coefficient (Wildman–Crippen LogP) is -0.648.